The van der Waals surface area contributed by atoms with Crippen molar-refractivity contribution in [3.63, 3.8) is 0 Å². The summed E-state index contributed by atoms with van der Waals surface area (Å²) in [5, 5.41) is 10.1. The molecule has 100 valence electrons. The number of aliphatic hydroxyl groups is 1. The highest BCUT2D eigenvalue weighted by Crippen LogP contribution is 2.29. The summed E-state index contributed by atoms with van der Waals surface area (Å²) in [6.45, 7) is 5.56. The average molecular weight is 278 g/mol. The van der Waals surface area contributed by atoms with Crippen LogP contribution < -0.4 is 4.74 Å². The predicted molar refractivity (Wildman–Crippen MR) is 75.9 cm³/mol. The van der Waals surface area contributed by atoms with E-state index in [4.69, 9.17) is 16.3 Å². The third kappa shape index (κ3) is 3.25. The number of aryl methyl sites for hydroxylation is 2. The molecule has 0 radical (unpaired) electrons. The SMILES string of the molecule is Cc1cc(Oc2ccc(C(C)O)nc2)cc(C)c1Cl. The van der Waals surface area contributed by atoms with Crippen LogP contribution in [0.4, 0.5) is 0 Å². The number of halogens is 1. The fourth-order valence-corrected chi connectivity index (χ4v) is 1.91. The maximum atomic E-state index is 9.39. The first-order valence-electron chi connectivity index (χ1n) is 6.06. The van der Waals surface area contributed by atoms with E-state index < -0.39 is 6.10 Å². The highest BCUT2D eigenvalue weighted by atomic mass is 35.5. The number of aliphatic hydroxyl groups excluding tert-OH is 1. The number of pyridine rings is 1. The Morgan fingerprint density at radius 3 is 2.26 bits per heavy atom. The maximum absolute atomic E-state index is 9.39. The number of hydrogen-bond acceptors (Lipinski definition) is 3. The van der Waals surface area contributed by atoms with E-state index in [1.807, 2.05) is 26.0 Å². The Balaban J connectivity index is 2.21. The summed E-state index contributed by atoms with van der Waals surface area (Å²) in [4.78, 5) is 4.14. The van der Waals surface area contributed by atoms with Crippen molar-refractivity contribution in [2.45, 2.75) is 26.9 Å². The first-order chi connectivity index (χ1) is 8.97. The zero-order valence-electron chi connectivity index (χ0n) is 11.1. The van der Waals surface area contributed by atoms with Crippen LogP contribution in [0.1, 0.15) is 29.8 Å². The Labute approximate surface area is 117 Å². The lowest BCUT2D eigenvalue weighted by atomic mass is 10.1. The van der Waals surface area contributed by atoms with Crippen LogP contribution >= 0.6 is 11.6 Å². The Kier molecular flexibility index (Phi) is 4.08. The Morgan fingerprint density at radius 2 is 1.79 bits per heavy atom. The molecule has 0 aliphatic rings. The van der Waals surface area contributed by atoms with Gasteiger partial charge in [0.1, 0.15) is 11.5 Å². The van der Waals surface area contributed by atoms with Crippen molar-refractivity contribution < 1.29 is 9.84 Å². The lowest BCUT2D eigenvalue weighted by Crippen LogP contribution is -1.95. The van der Waals surface area contributed by atoms with E-state index >= 15 is 0 Å². The van der Waals surface area contributed by atoms with E-state index in [9.17, 15) is 5.11 Å². The number of nitrogens with zero attached hydrogens (tertiary/aromatic N) is 1. The predicted octanol–water partition coefficient (Wildman–Crippen LogP) is 4.20. The van der Waals surface area contributed by atoms with Crippen LogP contribution in [0, 0.1) is 13.8 Å². The Hall–Kier alpha value is -1.58. The maximum Gasteiger partial charge on any atom is 0.145 e. The van der Waals surface area contributed by atoms with Gasteiger partial charge in [-0.15, -0.1) is 0 Å². The summed E-state index contributed by atoms with van der Waals surface area (Å²) in [6.07, 6.45) is 1.02. The smallest absolute Gasteiger partial charge is 0.145 e. The molecule has 0 fully saturated rings. The number of ether oxygens (including phenoxy) is 1. The van der Waals surface area contributed by atoms with Gasteiger partial charge in [-0.2, -0.15) is 0 Å². The fraction of sp³-hybridized carbons (Fsp3) is 0.267. The number of benzene rings is 1. The molecule has 1 unspecified atom stereocenters. The Bertz CT molecular complexity index is 556. The molecule has 1 heterocycles. The molecule has 19 heavy (non-hydrogen) atoms. The van der Waals surface area contributed by atoms with Gasteiger partial charge in [0.25, 0.3) is 0 Å². The molecule has 1 aromatic carbocycles. The van der Waals surface area contributed by atoms with E-state index in [0.717, 1.165) is 21.9 Å². The molecule has 0 aliphatic carbocycles. The standard InChI is InChI=1S/C15H16ClNO2/c1-9-6-13(7-10(2)15(9)16)19-12-4-5-14(11(3)18)17-8-12/h4-8,11,18H,1-3H3. The number of hydrogen-bond donors (Lipinski definition) is 1. The summed E-state index contributed by atoms with van der Waals surface area (Å²) in [5.41, 5.74) is 2.58. The van der Waals surface area contributed by atoms with Crippen LogP contribution in [0.2, 0.25) is 5.02 Å². The monoisotopic (exact) mass is 277 g/mol. The molecule has 2 aromatic rings. The van der Waals surface area contributed by atoms with Gasteiger partial charge in [-0.3, -0.25) is 4.98 Å². The molecule has 0 amide bonds. The van der Waals surface area contributed by atoms with Crippen molar-refractivity contribution in [2.75, 3.05) is 0 Å². The van der Waals surface area contributed by atoms with Gasteiger partial charge in [0, 0.05) is 5.02 Å². The Morgan fingerprint density at radius 1 is 1.16 bits per heavy atom. The van der Waals surface area contributed by atoms with Crippen molar-refractivity contribution >= 4 is 11.6 Å². The van der Waals surface area contributed by atoms with Gasteiger partial charge in [-0.25, -0.2) is 0 Å². The third-order valence-electron chi connectivity index (χ3n) is 2.83. The summed E-state index contributed by atoms with van der Waals surface area (Å²) in [6, 6.07) is 7.31. The summed E-state index contributed by atoms with van der Waals surface area (Å²) < 4.78 is 5.73. The lowest BCUT2D eigenvalue weighted by Gasteiger charge is -2.10. The molecule has 0 aliphatic heterocycles. The van der Waals surface area contributed by atoms with Crippen molar-refractivity contribution in [1.29, 1.82) is 0 Å². The van der Waals surface area contributed by atoms with Gasteiger partial charge in [0.05, 0.1) is 18.0 Å². The topological polar surface area (TPSA) is 42.4 Å². The second-order valence-electron chi connectivity index (χ2n) is 4.57. The summed E-state index contributed by atoms with van der Waals surface area (Å²) in [5.74, 6) is 1.36. The first kappa shape index (κ1) is 13.8. The molecular formula is C15H16ClNO2. The highest BCUT2D eigenvalue weighted by Gasteiger charge is 2.06. The summed E-state index contributed by atoms with van der Waals surface area (Å²) >= 11 is 6.11. The van der Waals surface area contributed by atoms with Crippen LogP contribution in [0.3, 0.4) is 0 Å². The van der Waals surface area contributed by atoms with Crippen molar-refractivity contribution in [1.82, 2.24) is 4.98 Å². The minimum absolute atomic E-state index is 0.575. The lowest BCUT2D eigenvalue weighted by molar-refractivity contribution is 0.194. The molecule has 1 atom stereocenters. The van der Waals surface area contributed by atoms with Crippen molar-refractivity contribution in [3.05, 3.63) is 52.3 Å². The second kappa shape index (κ2) is 5.59. The minimum Gasteiger partial charge on any atom is -0.456 e. The molecule has 3 nitrogen and oxygen atoms in total. The van der Waals surface area contributed by atoms with Crippen molar-refractivity contribution in [3.8, 4) is 11.5 Å². The second-order valence-corrected chi connectivity index (χ2v) is 4.95. The molecule has 1 N–H and O–H groups in total. The van der Waals surface area contributed by atoms with Gasteiger partial charge < -0.3 is 9.84 Å². The van der Waals surface area contributed by atoms with Crippen LogP contribution in [0.25, 0.3) is 0 Å². The summed E-state index contributed by atoms with van der Waals surface area (Å²) in [7, 11) is 0. The van der Waals surface area contributed by atoms with E-state index in [1.165, 1.54) is 0 Å². The van der Waals surface area contributed by atoms with Crippen LogP contribution in [0.5, 0.6) is 11.5 Å². The number of rotatable bonds is 3. The highest BCUT2D eigenvalue weighted by molar-refractivity contribution is 6.32. The van der Waals surface area contributed by atoms with Crippen LogP contribution in [-0.2, 0) is 0 Å². The zero-order valence-corrected chi connectivity index (χ0v) is 11.9. The molecule has 2 rings (SSSR count). The van der Waals surface area contributed by atoms with Gasteiger partial charge in [-0.05, 0) is 56.2 Å². The van der Waals surface area contributed by atoms with Gasteiger partial charge in [0.2, 0.25) is 0 Å². The van der Waals surface area contributed by atoms with Crippen LogP contribution in [-0.4, -0.2) is 10.1 Å². The van der Waals surface area contributed by atoms with E-state index in [1.54, 1.807) is 25.3 Å². The fourth-order valence-electron chi connectivity index (χ4n) is 1.80. The van der Waals surface area contributed by atoms with E-state index in [2.05, 4.69) is 4.98 Å². The van der Waals surface area contributed by atoms with Gasteiger partial charge >= 0.3 is 0 Å². The van der Waals surface area contributed by atoms with E-state index in [0.29, 0.717) is 11.4 Å². The van der Waals surface area contributed by atoms with Gasteiger partial charge in [0.15, 0.2) is 0 Å². The molecule has 1 aromatic heterocycles. The normalized spacial score (nSPS) is 12.3. The molecule has 4 heteroatoms. The van der Waals surface area contributed by atoms with E-state index in [-0.39, 0.29) is 0 Å². The molecular weight excluding hydrogens is 262 g/mol. The quantitative estimate of drug-likeness (QED) is 0.914. The van der Waals surface area contributed by atoms with Crippen molar-refractivity contribution in [2.24, 2.45) is 0 Å². The molecule has 0 bridgehead atoms. The first-order valence-corrected chi connectivity index (χ1v) is 6.44. The van der Waals surface area contributed by atoms with Gasteiger partial charge in [-0.1, -0.05) is 11.6 Å². The van der Waals surface area contributed by atoms with Crippen LogP contribution in [0.15, 0.2) is 30.5 Å². The minimum atomic E-state index is -0.575. The largest absolute Gasteiger partial charge is 0.456 e. The number of aromatic nitrogens is 1. The zero-order chi connectivity index (χ0) is 14.0. The molecule has 0 saturated carbocycles. The molecule has 0 saturated heterocycles. The average Bonchev–Trinajstić information content (AvgIpc) is 2.36. The third-order valence-corrected chi connectivity index (χ3v) is 3.43. The molecule has 0 spiro atoms.